The highest BCUT2D eigenvalue weighted by Crippen LogP contribution is 2.34. The van der Waals surface area contributed by atoms with Gasteiger partial charge in [-0.05, 0) is 49.1 Å². The van der Waals surface area contributed by atoms with Gasteiger partial charge in [0.1, 0.15) is 11.6 Å². The standard InChI is InChI=1S/C28H47FO/c1-3-5-7-8-9-11-15-26-20-21-27(23-28(26)29)30-22-12-14-25-18-16-24(17-19-25)13-10-6-4-2/h20-21,23-25H,3-19,22H2,1-2H3. The molecule has 0 heterocycles. The van der Waals surface area contributed by atoms with Gasteiger partial charge in [-0.3, -0.25) is 0 Å². The molecule has 0 radical (unpaired) electrons. The third kappa shape index (κ3) is 10.3. The van der Waals surface area contributed by atoms with E-state index in [1.165, 1.54) is 89.9 Å². The van der Waals surface area contributed by atoms with Crippen LogP contribution in [-0.4, -0.2) is 6.61 Å². The summed E-state index contributed by atoms with van der Waals surface area (Å²) in [4.78, 5) is 0. The van der Waals surface area contributed by atoms with Crippen molar-refractivity contribution < 1.29 is 9.13 Å². The van der Waals surface area contributed by atoms with Crippen LogP contribution in [-0.2, 0) is 6.42 Å². The minimum absolute atomic E-state index is 0.0950. The molecule has 1 aliphatic rings. The zero-order chi connectivity index (χ0) is 21.4. The van der Waals surface area contributed by atoms with Crippen LogP contribution in [0.25, 0.3) is 0 Å². The first-order chi connectivity index (χ1) is 14.7. The minimum Gasteiger partial charge on any atom is -0.493 e. The van der Waals surface area contributed by atoms with Crippen LogP contribution < -0.4 is 4.74 Å². The number of rotatable bonds is 16. The summed E-state index contributed by atoms with van der Waals surface area (Å²) >= 11 is 0. The normalized spacial score (nSPS) is 19.2. The van der Waals surface area contributed by atoms with Crippen molar-refractivity contribution in [3.05, 3.63) is 29.6 Å². The number of ether oxygens (including phenoxy) is 1. The Balaban J connectivity index is 1.55. The Morgan fingerprint density at radius 3 is 2.03 bits per heavy atom. The van der Waals surface area contributed by atoms with Gasteiger partial charge in [0.05, 0.1) is 6.61 Å². The monoisotopic (exact) mass is 418 g/mol. The van der Waals surface area contributed by atoms with Gasteiger partial charge >= 0.3 is 0 Å². The molecule has 0 N–H and O–H groups in total. The molecule has 1 saturated carbocycles. The molecule has 0 aliphatic heterocycles. The Kier molecular flexibility index (Phi) is 13.2. The van der Waals surface area contributed by atoms with Crippen LogP contribution in [0.2, 0.25) is 0 Å². The van der Waals surface area contributed by atoms with Gasteiger partial charge in [0.25, 0.3) is 0 Å². The predicted octanol–water partition coefficient (Wildman–Crippen LogP) is 9.27. The van der Waals surface area contributed by atoms with Gasteiger partial charge in [0.15, 0.2) is 0 Å². The van der Waals surface area contributed by atoms with Crippen LogP contribution in [0.1, 0.15) is 122 Å². The fourth-order valence-corrected chi connectivity index (χ4v) is 4.97. The van der Waals surface area contributed by atoms with E-state index in [1.54, 1.807) is 6.07 Å². The van der Waals surface area contributed by atoms with Crippen molar-refractivity contribution in [2.75, 3.05) is 6.61 Å². The quantitative estimate of drug-likeness (QED) is 0.243. The second-order valence-electron chi connectivity index (χ2n) is 9.64. The molecule has 2 heteroatoms. The maximum Gasteiger partial charge on any atom is 0.130 e. The second kappa shape index (κ2) is 15.7. The van der Waals surface area contributed by atoms with E-state index in [0.717, 1.165) is 36.7 Å². The molecule has 1 aromatic rings. The van der Waals surface area contributed by atoms with Crippen molar-refractivity contribution in [1.82, 2.24) is 0 Å². The highest BCUT2D eigenvalue weighted by Gasteiger charge is 2.20. The molecule has 1 nitrogen and oxygen atoms in total. The van der Waals surface area contributed by atoms with Crippen LogP contribution in [0.3, 0.4) is 0 Å². The van der Waals surface area contributed by atoms with Crippen LogP contribution in [0, 0.1) is 17.7 Å². The second-order valence-corrected chi connectivity index (χ2v) is 9.64. The van der Waals surface area contributed by atoms with Gasteiger partial charge in [-0.2, -0.15) is 0 Å². The van der Waals surface area contributed by atoms with Gasteiger partial charge in [0.2, 0.25) is 0 Å². The van der Waals surface area contributed by atoms with Gasteiger partial charge < -0.3 is 4.74 Å². The number of benzene rings is 1. The molecular weight excluding hydrogens is 371 g/mol. The number of aryl methyl sites for hydroxylation is 1. The third-order valence-electron chi connectivity index (χ3n) is 7.03. The highest BCUT2D eigenvalue weighted by atomic mass is 19.1. The zero-order valence-corrected chi connectivity index (χ0v) is 19.9. The van der Waals surface area contributed by atoms with Crippen LogP contribution in [0.4, 0.5) is 4.39 Å². The summed E-state index contributed by atoms with van der Waals surface area (Å²) in [5.41, 5.74) is 0.841. The van der Waals surface area contributed by atoms with Crippen molar-refractivity contribution in [2.45, 2.75) is 123 Å². The van der Waals surface area contributed by atoms with E-state index in [1.807, 2.05) is 12.1 Å². The summed E-state index contributed by atoms with van der Waals surface area (Å²) in [7, 11) is 0. The lowest BCUT2D eigenvalue weighted by Gasteiger charge is -2.28. The molecule has 0 unspecified atom stereocenters. The van der Waals surface area contributed by atoms with E-state index >= 15 is 0 Å². The third-order valence-corrected chi connectivity index (χ3v) is 7.03. The number of hydrogen-bond acceptors (Lipinski definition) is 1. The summed E-state index contributed by atoms with van der Waals surface area (Å²) in [6.45, 7) is 5.24. The van der Waals surface area contributed by atoms with Gasteiger partial charge in [0, 0.05) is 6.07 Å². The topological polar surface area (TPSA) is 9.23 Å². The lowest BCUT2D eigenvalue weighted by Crippen LogP contribution is -2.15. The maximum absolute atomic E-state index is 14.3. The first-order valence-electron chi connectivity index (χ1n) is 13.1. The predicted molar refractivity (Wildman–Crippen MR) is 128 cm³/mol. The highest BCUT2D eigenvalue weighted by molar-refractivity contribution is 5.29. The average molecular weight is 419 g/mol. The van der Waals surface area contributed by atoms with Crippen molar-refractivity contribution in [3.63, 3.8) is 0 Å². The Labute approximate surface area is 186 Å². The van der Waals surface area contributed by atoms with E-state index in [0.29, 0.717) is 12.4 Å². The molecule has 172 valence electrons. The van der Waals surface area contributed by atoms with E-state index < -0.39 is 0 Å². The Morgan fingerprint density at radius 1 is 0.767 bits per heavy atom. The van der Waals surface area contributed by atoms with Crippen molar-refractivity contribution in [1.29, 1.82) is 0 Å². The molecule has 30 heavy (non-hydrogen) atoms. The van der Waals surface area contributed by atoms with E-state index in [2.05, 4.69) is 13.8 Å². The average Bonchev–Trinajstić information content (AvgIpc) is 2.76. The first kappa shape index (κ1) is 25.2. The molecule has 1 fully saturated rings. The summed E-state index contributed by atoms with van der Waals surface area (Å²) in [5, 5.41) is 0. The number of hydrogen-bond donors (Lipinski definition) is 0. The van der Waals surface area contributed by atoms with Crippen molar-refractivity contribution in [3.8, 4) is 5.75 Å². The summed E-state index contributed by atoms with van der Waals surface area (Å²) in [5.74, 6) is 2.47. The SMILES string of the molecule is CCCCCCCCc1ccc(OCCCC2CCC(CCCCC)CC2)cc1F. The fourth-order valence-electron chi connectivity index (χ4n) is 4.97. The molecule has 1 aliphatic carbocycles. The zero-order valence-electron chi connectivity index (χ0n) is 19.9. The van der Waals surface area contributed by atoms with E-state index in [4.69, 9.17) is 4.74 Å². The molecule has 0 amide bonds. The number of halogens is 1. The molecule has 2 rings (SSSR count). The molecule has 0 aromatic heterocycles. The maximum atomic E-state index is 14.3. The molecule has 0 saturated heterocycles. The Hall–Kier alpha value is -1.05. The molecule has 0 bridgehead atoms. The number of unbranched alkanes of at least 4 members (excludes halogenated alkanes) is 7. The van der Waals surface area contributed by atoms with Crippen molar-refractivity contribution >= 4 is 0 Å². The van der Waals surface area contributed by atoms with Gasteiger partial charge in [-0.25, -0.2) is 4.39 Å². The lowest BCUT2D eigenvalue weighted by molar-refractivity contribution is 0.228. The molecule has 1 aromatic carbocycles. The summed E-state index contributed by atoms with van der Waals surface area (Å²) in [6.07, 6.45) is 21.9. The summed E-state index contributed by atoms with van der Waals surface area (Å²) in [6, 6.07) is 5.47. The largest absolute Gasteiger partial charge is 0.493 e. The van der Waals surface area contributed by atoms with E-state index in [-0.39, 0.29) is 5.82 Å². The molecule has 0 atom stereocenters. The van der Waals surface area contributed by atoms with Crippen LogP contribution in [0.15, 0.2) is 18.2 Å². The van der Waals surface area contributed by atoms with Gasteiger partial charge in [-0.15, -0.1) is 0 Å². The lowest BCUT2D eigenvalue weighted by atomic mass is 9.78. The minimum atomic E-state index is -0.0950. The van der Waals surface area contributed by atoms with E-state index in [9.17, 15) is 4.39 Å². The Morgan fingerprint density at radius 2 is 1.37 bits per heavy atom. The Bertz CT molecular complexity index is 548. The smallest absolute Gasteiger partial charge is 0.130 e. The van der Waals surface area contributed by atoms with Crippen LogP contribution in [0.5, 0.6) is 5.75 Å². The molecule has 0 spiro atoms. The molecular formula is C28H47FO. The summed E-state index contributed by atoms with van der Waals surface area (Å²) < 4.78 is 20.2. The first-order valence-corrected chi connectivity index (χ1v) is 13.1. The van der Waals surface area contributed by atoms with Crippen molar-refractivity contribution in [2.24, 2.45) is 11.8 Å². The van der Waals surface area contributed by atoms with Crippen LogP contribution >= 0.6 is 0 Å². The van der Waals surface area contributed by atoms with Gasteiger partial charge in [-0.1, -0.05) is 103 Å². The fraction of sp³-hybridized carbons (Fsp3) is 0.786.